The molecule has 0 radical (unpaired) electrons. The normalized spacial score (nSPS) is 18.8. The van der Waals surface area contributed by atoms with Gasteiger partial charge in [0.1, 0.15) is 0 Å². The zero-order chi connectivity index (χ0) is 12.4. The molecule has 1 fully saturated rings. The number of benzene rings is 1. The van der Waals surface area contributed by atoms with Crippen molar-refractivity contribution in [3.63, 3.8) is 0 Å². The summed E-state index contributed by atoms with van der Waals surface area (Å²) in [7, 11) is 0. The van der Waals surface area contributed by atoms with E-state index in [-0.39, 0.29) is 0 Å². The third kappa shape index (κ3) is 2.56. The van der Waals surface area contributed by atoms with Crippen molar-refractivity contribution >= 4 is 17.7 Å². The highest BCUT2D eigenvalue weighted by Gasteiger charge is 2.18. The van der Waals surface area contributed by atoms with Gasteiger partial charge in [0.05, 0.1) is 6.42 Å². The fraction of sp³-hybridized carbons (Fsp3) is 0.533. The second-order valence-corrected chi connectivity index (χ2v) is 6.30. The molecule has 1 aromatic carbocycles. The van der Waals surface area contributed by atoms with Crippen molar-refractivity contribution in [2.24, 2.45) is 0 Å². The highest BCUT2D eigenvalue weighted by atomic mass is 32.2. The molecule has 1 saturated heterocycles. The van der Waals surface area contributed by atoms with Crippen LogP contribution in [0.5, 0.6) is 0 Å². The summed E-state index contributed by atoms with van der Waals surface area (Å²) in [6.07, 6.45) is 5.37. The molecule has 2 nitrogen and oxygen atoms in total. The lowest BCUT2D eigenvalue weighted by Crippen LogP contribution is -2.29. The van der Waals surface area contributed by atoms with Gasteiger partial charge in [-0.25, -0.2) is 0 Å². The molecule has 18 heavy (non-hydrogen) atoms. The summed E-state index contributed by atoms with van der Waals surface area (Å²) in [5.41, 5.74) is 2.63. The number of thioether (sulfide) groups is 1. The Morgan fingerprint density at radius 1 is 1.22 bits per heavy atom. The topological polar surface area (TPSA) is 20.3 Å². The quantitative estimate of drug-likeness (QED) is 0.816. The molecule has 2 heterocycles. The van der Waals surface area contributed by atoms with Crippen LogP contribution in [0.2, 0.25) is 0 Å². The molecule has 0 saturated carbocycles. The Morgan fingerprint density at radius 3 is 2.89 bits per heavy atom. The predicted octanol–water partition coefficient (Wildman–Crippen LogP) is 2.89. The first-order chi connectivity index (χ1) is 8.83. The van der Waals surface area contributed by atoms with Crippen LogP contribution in [0.15, 0.2) is 23.1 Å². The molecule has 1 aromatic rings. The van der Waals surface area contributed by atoms with Crippen molar-refractivity contribution in [2.75, 3.05) is 18.8 Å². The van der Waals surface area contributed by atoms with Crippen molar-refractivity contribution < 1.29 is 4.79 Å². The number of aryl methyl sites for hydroxylation is 1. The van der Waals surface area contributed by atoms with Gasteiger partial charge >= 0.3 is 0 Å². The minimum Gasteiger partial charge on any atom is -0.342 e. The minimum atomic E-state index is 0.302. The first-order valence-corrected chi connectivity index (χ1v) is 7.84. The third-order valence-electron chi connectivity index (χ3n) is 3.79. The highest BCUT2D eigenvalue weighted by molar-refractivity contribution is 7.99. The Balaban J connectivity index is 1.70. The molecule has 96 valence electrons. The van der Waals surface area contributed by atoms with E-state index in [1.165, 1.54) is 47.5 Å². The third-order valence-corrected chi connectivity index (χ3v) is 4.99. The molecular weight excluding hydrogens is 242 g/mol. The molecule has 2 aliphatic rings. The van der Waals surface area contributed by atoms with Gasteiger partial charge in [-0.3, -0.25) is 4.79 Å². The number of likely N-dealkylation sites (tertiary alicyclic amines) is 1. The van der Waals surface area contributed by atoms with Crippen molar-refractivity contribution in [3.8, 4) is 0 Å². The van der Waals surface area contributed by atoms with Gasteiger partial charge in [0, 0.05) is 18.0 Å². The number of carbonyl (C=O) groups excluding carboxylic acids is 1. The fourth-order valence-electron chi connectivity index (χ4n) is 2.78. The standard InChI is InChI=1S/C15H19NOS/c17-15(16-7-1-2-8-16)11-12-5-6-14-13(10-12)4-3-9-18-14/h5-6,10H,1-4,7-9,11H2. The number of carbonyl (C=O) groups is 1. The molecule has 0 aromatic heterocycles. The van der Waals surface area contributed by atoms with Gasteiger partial charge in [-0.15, -0.1) is 11.8 Å². The van der Waals surface area contributed by atoms with Crippen LogP contribution in [0.25, 0.3) is 0 Å². The molecule has 1 amide bonds. The molecule has 0 aliphatic carbocycles. The molecule has 3 rings (SSSR count). The SMILES string of the molecule is O=C(Cc1ccc2c(c1)CCCS2)N1CCCC1. The monoisotopic (exact) mass is 261 g/mol. The van der Waals surface area contributed by atoms with Gasteiger partial charge in [-0.2, -0.15) is 0 Å². The molecule has 0 unspecified atom stereocenters. The Bertz CT molecular complexity index is 452. The highest BCUT2D eigenvalue weighted by Crippen LogP contribution is 2.30. The average Bonchev–Trinajstić information content (AvgIpc) is 2.92. The van der Waals surface area contributed by atoms with Crippen molar-refractivity contribution in [1.29, 1.82) is 0 Å². The molecule has 3 heteroatoms. The molecule has 0 spiro atoms. The van der Waals surface area contributed by atoms with Crippen LogP contribution < -0.4 is 0 Å². The van der Waals surface area contributed by atoms with E-state index >= 15 is 0 Å². The lowest BCUT2D eigenvalue weighted by molar-refractivity contribution is -0.129. The van der Waals surface area contributed by atoms with E-state index in [2.05, 4.69) is 18.2 Å². The first-order valence-electron chi connectivity index (χ1n) is 6.85. The molecule has 0 N–H and O–H groups in total. The van der Waals surface area contributed by atoms with E-state index in [4.69, 9.17) is 0 Å². The van der Waals surface area contributed by atoms with Crippen LogP contribution in [-0.4, -0.2) is 29.6 Å². The van der Waals surface area contributed by atoms with Crippen molar-refractivity contribution in [1.82, 2.24) is 4.90 Å². The van der Waals surface area contributed by atoms with E-state index in [1.54, 1.807) is 0 Å². The van der Waals surface area contributed by atoms with Gasteiger partial charge in [-0.1, -0.05) is 12.1 Å². The lowest BCUT2D eigenvalue weighted by Gasteiger charge is -2.18. The summed E-state index contributed by atoms with van der Waals surface area (Å²) in [4.78, 5) is 15.5. The predicted molar refractivity (Wildman–Crippen MR) is 75.0 cm³/mol. The number of fused-ring (bicyclic) bond motifs is 1. The largest absolute Gasteiger partial charge is 0.342 e. The zero-order valence-corrected chi connectivity index (χ0v) is 11.5. The van der Waals surface area contributed by atoms with E-state index in [9.17, 15) is 4.79 Å². The molecule has 2 aliphatic heterocycles. The first kappa shape index (κ1) is 12.1. The molecule has 0 bridgehead atoms. The number of amides is 1. The van der Waals surface area contributed by atoms with Crippen LogP contribution in [0, 0.1) is 0 Å². The summed E-state index contributed by atoms with van der Waals surface area (Å²) in [6.45, 7) is 1.92. The minimum absolute atomic E-state index is 0.302. The smallest absolute Gasteiger partial charge is 0.226 e. The number of hydrogen-bond donors (Lipinski definition) is 0. The van der Waals surface area contributed by atoms with Crippen molar-refractivity contribution in [2.45, 2.75) is 37.0 Å². The maximum absolute atomic E-state index is 12.1. The number of rotatable bonds is 2. The summed E-state index contributed by atoms with van der Waals surface area (Å²) in [6, 6.07) is 6.58. The van der Waals surface area contributed by atoms with Gasteiger partial charge in [0.15, 0.2) is 0 Å². The maximum atomic E-state index is 12.1. The van der Waals surface area contributed by atoms with Crippen LogP contribution in [0.1, 0.15) is 30.4 Å². The average molecular weight is 261 g/mol. The fourth-order valence-corrected chi connectivity index (χ4v) is 3.80. The Morgan fingerprint density at radius 2 is 2.06 bits per heavy atom. The van der Waals surface area contributed by atoms with Crippen LogP contribution in [0.4, 0.5) is 0 Å². The van der Waals surface area contributed by atoms with Crippen LogP contribution in [-0.2, 0) is 17.6 Å². The van der Waals surface area contributed by atoms with E-state index in [1.807, 2.05) is 16.7 Å². The zero-order valence-electron chi connectivity index (χ0n) is 10.7. The van der Waals surface area contributed by atoms with Crippen LogP contribution in [0.3, 0.4) is 0 Å². The number of nitrogens with zero attached hydrogens (tertiary/aromatic N) is 1. The van der Waals surface area contributed by atoms with E-state index in [0.717, 1.165) is 13.1 Å². The summed E-state index contributed by atoms with van der Waals surface area (Å²) >= 11 is 1.95. The van der Waals surface area contributed by atoms with E-state index < -0.39 is 0 Å². The summed E-state index contributed by atoms with van der Waals surface area (Å²) < 4.78 is 0. The van der Waals surface area contributed by atoms with Gasteiger partial charge in [0.25, 0.3) is 0 Å². The molecule has 0 atom stereocenters. The lowest BCUT2D eigenvalue weighted by atomic mass is 10.0. The second kappa shape index (κ2) is 5.35. The van der Waals surface area contributed by atoms with Gasteiger partial charge < -0.3 is 4.90 Å². The molecular formula is C15H19NOS. The maximum Gasteiger partial charge on any atom is 0.226 e. The summed E-state index contributed by atoms with van der Waals surface area (Å²) in [5.74, 6) is 1.54. The van der Waals surface area contributed by atoms with Gasteiger partial charge in [0.2, 0.25) is 5.91 Å². The Kier molecular flexibility index (Phi) is 3.59. The van der Waals surface area contributed by atoms with Gasteiger partial charge in [-0.05, 0) is 48.6 Å². The number of hydrogen-bond acceptors (Lipinski definition) is 2. The van der Waals surface area contributed by atoms with E-state index in [0.29, 0.717) is 12.3 Å². The Labute approximate surface area is 113 Å². The van der Waals surface area contributed by atoms with Crippen molar-refractivity contribution in [3.05, 3.63) is 29.3 Å². The van der Waals surface area contributed by atoms with Crippen LogP contribution >= 0.6 is 11.8 Å². The summed E-state index contributed by atoms with van der Waals surface area (Å²) in [5, 5.41) is 0. The Hall–Kier alpha value is -0.960. The second-order valence-electron chi connectivity index (χ2n) is 5.16.